The van der Waals surface area contributed by atoms with Gasteiger partial charge in [-0.25, -0.2) is 4.98 Å². The predicted octanol–water partition coefficient (Wildman–Crippen LogP) is 4.60. The van der Waals surface area contributed by atoms with Crippen molar-refractivity contribution in [1.29, 1.82) is 0 Å². The Labute approximate surface area is 137 Å². The maximum Gasteiger partial charge on any atom is 0.137 e. The van der Waals surface area contributed by atoms with E-state index in [0.29, 0.717) is 0 Å². The van der Waals surface area contributed by atoms with Crippen molar-refractivity contribution >= 4 is 22.4 Å². The molecule has 1 N–H and O–H groups in total. The fourth-order valence-corrected chi connectivity index (χ4v) is 2.97. The zero-order valence-corrected chi connectivity index (χ0v) is 13.9. The van der Waals surface area contributed by atoms with Crippen LogP contribution in [0.5, 0.6) is 0 Å². The summed E-state index contributed by atoms with van der Waals surface area (Å²) in [5.41, 5.74) is 4.06. The third kappa shape index (κ3) is 3.89. The smallest absolute Gasteiger partial charge is 0.137 e. The fourth-order valence-electron chi connectivity index (χ4n) is 2.97. The lowest BCUT2D eigenvalue weighted by Gasteiger charge is -2.29. The molecule has 120 valence electrons. The number of rotatable bonds is 4. The number of nitrogens with zero attached hydrogens (tertiary/aromatic N) is 3. The lowest BCUT2D eigenvalue weighted by atomic mass is 10.1. The molecule has 4 heteroatoms. The van der Waals surface area contributed by atoms with Crippen molar-refractivity contribution < 1.29 is 0 Å². The van der Waals surface area contributed by atoms with Crippen LogP contribution in [-0.2, 0) is 0 Å². The van der Waals surface area contributed by atoms with Gasteiger partial charge in [0.15, 0.2) is 0 Å². The molecule has 0 atom stereocenters. The van der Waals surface area contributed by atoms with E-state index in [1.165, 1.54) is 25.0 Å². The summed E-state index contributed by atoms with van der Waals surface area (Å²) < 4.78 is 0. The molecule has 1 saturated heterocycles. The lowest BCUT2D eigenvalue weighted by molar-refractivity contribution is 0.293. The van der Waals surface area contributed by atoms with Crippen LogP contribution >= 0.6 is 0 Å². The van der Waals surface area contributed by atoms with Gasteiger partial charge in [0.2, 0.25) is 0 Å². The summed E-state index contributed by atoms with van der Waals surface area (Å²) in [6.07, 6.45) is 14.1. The average Bonchev–Trinajstić information content (AvgIpc) is 3.04. The van der Waals surface area contributed by atoms with Gasteiger partial charge in [-0.2, -0.15) is 0 Å². The first-order chi connectivity index (χ1) is 11.3. The molecular weight excluding hydrogens is 284 g/mol. The average molecular weight is 308 g/mol. The lowest BCUT2D eigenvalue weighted by Crippen LogP contribution is -2.28. The topological polar surface area (TPSA) is 44.3 Å². The van der Waals surface area contributed by atoms with Gasteiger partial charge in [0.25, 0.3) is 0 Å². The van der Waals surface area contributed by atoms with Crippen molar-refractivity contribution in [2.75, 3.05) is 13.1 Å². The molecule has 0 radical (unpaired) electrons. The number of pyridine rings is 1. The summed E-state index contributed by atoms with van der Waals surface area (Å²) in [6, 6.07) is 4.07. The highest BCUT2D eigenvalue weighted by atomic mass is 15.1. The molecule has 1 aliphatic rings. The number of piperidine rings is 1. The largest absolute Gasteiger partial charge is 0.372 e. The number of aromatic nitrogens is 2. The summed E-state index contributed by atoms with van der Waals surface area (Å²) in [5, 5.41) is 1.09. The molecule has 1 fully saturated rings. The number of aliphatic imine (C=N–C) groups is 1. The first kappa shape index (κ1) is 15.5. The van der Waals surface area contributed by atoms with Crippen molar-refractivity contribution in [3.05, 3.63) is 48.5 Å². The summed E-state index contributed by atoms with van der Waals surface area (Å²) in [6.45, 7) is 6.45. The molecule has 0 spiro atoms. The minimum Gasteiger partial charge on any atom is -0.372 e. The van der Waals surface area contributed by atoms with Gasteiger partial charge in [-0.1, -0.05) is 6.08 Å². The Morgan fingerprint density at radius 1 is 1.26 bits per heavy atom. The van der Waals surface area contributed by atoms with E-state index in [1.807, 2.05) is 19.2 Å². The third-order valence-corrected chi connectivity index (χ3v) is 4.20. The van der Waals surface area contributed by atoms with Crippen molar-refractivity contribution in [3.63, 3.8) is 0 Å². The summed E-state index contributed by atoms with van der Waals surface area (Å²) in [7, 11) is 0. The van der Waals surface area contributed by atoms with Crippen LogP contribution in [0.15, 0.2) is 53.4 Å². The Morgan fingerprint density at radius 2 is 2.09 bits per heavy atom. The maximum absolute atomic E-state index is 4.65. The first-order valence-corrected chi connectivity index (χ1v) is 8.34. The number of allylic oxidation sites excluding steroid dienone is 3. The van der Waals surface area contributed by atoms with E-state index in [2.05, 4.69) is 51.1 Å². The minimum absolute atomic E-state index is 0.888. The van der Waals surface area contributed by atoms with E-state index >= 15 is 0 Å². The van der Waals surface area contributed by atoms with E-state index < -0.39 is 0 Å². The molecule has 0 amide bonds. The Kier molecular flexibility index (Phi) is 4.91. The molecule has 0 bridgehead atoms. The predicted molar refractivity (Wildman–Crippen MR) is 97.2 cm³/mol. The standard InChI is InChI=1S/C19H24N4/c1-3-18(23-11-5-4-6-12-23)8-7-15(2)22-17-13-16-9-10-20-19(16)21-14-17/h3,7-10,13-14H,4-6,11-12H2,1-2H3,(H,20,21)/b8-7-,18-3?,22-15?. The molecule has 3 rings (SSSR count). The van der Waals surface area contributed by atoms with Crippen molar-refractivity contribution in [3.8, 4) is 0 Å². The maximum atomic E-state index is 4.65. The summed E-state index contributed by atoms with van der Waals surface area (Å²) in [5.74, 6) is 0. The fraction of sp³-hybridized carbons (Fsp3) is 0.368. The van der Waals surface area contributed by atoms with Gasteiger partial charge in [0.05, 0.1) is 11.9 Å². The van der Waals surface area contributed by atoms with Gasteiger partial charge >= 0.3 is 0 Å². The third-order valence-electron chi connectivity index (χ3n) is 4.20. The van der Waals surface area contributed by atoms with Crippen LogP contribution in [0.2, 0.25) is 0 Å². The second-order valence-corrected chi connectivity index (χ2v) is 5.96. The molecule has 1 aliphatic heterocycles. The van der Waals surface area contributed by atoms with Crippen LogP contribution in [0, 0.1) is 0 Å². The van der Waals surface area contributed by atoms with Crippen LogP contribution in [-0.4, -0.2) is 33.7 Å². The number of hydrogen-bond acceptors (Lipinski definition) is 3. The number of aromatic amines is 1. The number of H-pyrrole nitrogens is 1. The van der Waals surface area contributed by atoms with Crippen LogP contribution in [0.3, 0.4) is 0 Å². The zero-order valence-electron chi connectivity index (χ0n) is 13.9. The Bertz CT molecular complexity index is 746. The first-order valence-electron chi connectivity index (χ1n) is 8.34. The molecular formula is C19H24N4. The summed E-state index contributed by atoms with van der Waals surface area (Å²) in [4.78, 5) is 14.6. The van der Waals surface area contributed by atoms with Gasteiger partial charge in [0.1, 0.15) is 5.65 Å². The van der Waals surface area contributed by atoms with E-state index in [4.69, 9.17) is 0 Å². The van der Waals surface area contributed by atoms with Crippen molar-refractivity contribution in [2.45, 2.75) is 33.1 Å². The van der Waals surface area contributed by atoms with Gasteiger partial charge in [0, 0.05) is 36.1 Å². The van der Waals surface area contributed by atoms with Gasteiger partial charge in [-0.15, -0.1) is 0 Å². The Balaban J connectivity index is 1.72. The number of hydrogen-bond donors (Lipinski definition) is 1. The van der Waals surface area contributed by atoms with Crippen LogP contribution < -0.4 is 0 Å². The second kappa shape index (κ2) is 7.27. The van der Waals surface area contributed by atoms with Crippen LogP contribution in [0.4, 0.5) is 5.69 Å². The van der Waals surface area contributed by atoms with E-state index in [9.17, 15) is 0 Å². The molecule has 0 saturated carbocycles. The van der Waals surface area contributed by atoms with Crippen LogP contribution in [0.1, 0.15) is 33.1 Å². The zero-order chi connectivity index (χ0) is 16.1. The Hall–Kier alpha value is -2.36. The monoisotopic (exact) mass is 308 g/mol. The normalized spacial score (nSPS) is 17.4. The summed E-state index contributed by atoms with van der Waals surface area (Å²) >= 11 is 0. The second-order valence-electron chi connectivity index (χ2n) is 5.96. The molecule has 3 heterocycles. The van der Waals surface area contributed by atoms with Crippen molar-refractivity contribution in [1.82, 2.24) is 14.9 Å². The van der Waals surface area contributed by atoms with Gasteiger partial charge in [-0.3, -0.25) is 4.99 Å². The van der Waals surface area contributed by atoms with E-state index in [1.54, 1.807) is 6.20 Å². The minimum atomic E-state index is 0.888. The molecule has 2 aromatic rings. The molecule has 23 heavy (non-hydrogen) atoms. The van der Waals surface area contributed by atoms with Crippen LogP contribution in [0.25, 0.3) is 11.0 Å². The van der Waals surface area contributed by atoms with Crippen molar-refractivity contribution in [2.24, 2.45) is 4.99 Å². The highest BCUT2D eigenvalue weighted by molar-refractivity contribution is 5.95. The number of nitrogens with one attached hydrogen (secondary N) is 1. The Morgan fingerprint density at radius 3 is 2.87 bits per heavy atom. The quantitative estimate of drug-likeness (QED) is 0.662. The molecule has 2 aromatic heterocycles. The molecule has 0 aromatic carbocycles. The van der Waals surface area contributed by atoms with E-state index in [0.717, 1.165) is 35.5 Å². The van der Waals surface area contributed by atoms with E-state index in [-0.39, 0.29) is 0 Å². The number of fused-ring (bicyclic) bond motifs is 1. The van der Waals surface area contributed by atoms with Gasteiger partial charge in [-0.05, 0) is 57.4 Å². The molecule has 0 aliphatic carbocycles. The van der Waals surface area contributed by atoms with Gasteiger partial charge < -0.3 is 9.88 Å². The SMILES string of the molecule is CC=C(/C=C\C(C)=Nc1cnc2[nH]ccc2c1)N1CCCCC1. The molecule has 4 nitrogen and oxygen atoms in total. The highest BCUT2D eigenvalue weighted by Crippen LogP contribution is 2.19. The number of likely N-dealkylation sites (tertiary alicyclic amines) is 1. The molecule has 0 unspecified atom stereocenters. The highest BCUT2D eigenvalue weighted by Gasteiger charge is 2.10.